The van der Waals surface area contributed by atoms with Gasteiger partial charge in [-0.05, 0) is 37.3 Å². The smallest absolute Gasteiger partial charge is 0.0979 e. The van der Waals surface area contributed by atoms with Crippen LogP contribution in [-0.2, 0) is 0 Å². The highest BCUT2D eigenvalue weighted by molar-refractivity contribution is 5.48. The lowest BCUT2D eigenvalue weighted by molar-refractivity contribution is -0.959. The van der Waals surface area contributed by atoms with Crippen LogP contribution in [0, 0.1) is 5.92 Å². The summed E-state index contributed by atoms with van der Waals surface area (Å²) in [6.07, 6.45) is 11.2. The van der Waals surface area contributed by atoms with Crippen molar-refractivity contribution in [2.75, 3.05) is 26.2 Å². The molecule has 114 valence electrons. The number of quaternary nitrogens is 1. The first-order chi connectivity index (χ1) is 10.3. The van der Waals surface area contributed by atoms with Crippen molar-refractivity contribution in [3.8, 4) is 0 Å². The van der Waals surface area contributed by atoms with Crippen LogP contribution < -0.4 is 0 Å². The summed E-state index contributed by atoms with van der Waals surface area (Å²) in [6, 6.07) is 11.3. The van der Waals surface area contributed by atoms with E-state index >= 15 is 0 Å². The molecule has 3 atom stereocenters. The minimum atomic E-state index is 0.382. The van der Waals surface area contributed by atoms with Crippen LogP contribution in [-0.4, -0.2) is 41.9 Å². The van der Waals surface area contributed by atoms with Crippen LogP contribution in [0.4, 0.5) is 0 Å². The number of aliphatic hydroxyl groups is 1. The molecule has 1 aromatic rings. The van der Waals surface area contributed by atoms with E-state index in [1.807, 2.05) is 0 Å². The maximum atomic E-state index is 9.72. The highest BCUT2D eigenvalue weighted by Gasteiger charge is 2.45. The van der Waals surface area contributed by atoms with Gasteiger partial charge in [0.1, 0.15) is 0 Å². The van der Waals surface area contributed by atoms with E-state index in [9.17, 15) is 5.11 Å². The number of benzene rings is 1. The first-order valence-electron chi connectivity index (χ1n) is 8.52. The Balaban J connectivity index is 1.72. The summed E-state index contributed by atoms with van der Waals surface area (Å²) in [7, 11) is 0. The Bertz CT molecular complexity index is 466. The molecule has 1 aromatic carbocycles. The zero-order chi connectivity index (χ0) is 14.5. The molecule has 0 spiro atoms. The van der Waals surface area contributed by atoms with Gasteiger partial charge in [0.15, 0.2) is 0 Å². The van der Waals surface area contributed by atoms with Gasteiger partial charge in [0.05, 0.1) is 32.3 Å². The summed E-state index contributed by atoms with van der Waals surface area (Å²) < 4.78 is 1.23. The summed E-state index contributed by atoms with van der Waals surface area (Å²) in [5.74, 6) is 0.532. The standard InChI is InChI=1S/C19H28NO/c21-16-18-11-7-15-20(13-5-4-12-19(18)20)14-6-10-17-8-2-1-3-9-17/h1-3,6,8-10,18-19,21H,4-5,7,11-16H2/q+1/b10-6+/t18-,19+,20?/m0/s1. The summed E-state index contributed by atoms with van der Waals surface area (Å²) in [4.78, 5) is 0. The molecular formula is C19H28NO+. The normalized spacial score (nSPS) is 33.0. The Hall–Kier alpha value is -1.12. The predicted octanol–water partition coefficient (Wildman–Crippen LogP) is 3.47. The molecule has 2 heterocycles. The SMILES string of the molecule is OC[C@@H]1CCC[N+]2(C/C=C/c3ccccc3)CCCC[C@H]12. The fourth-order valence-corrected chi connectivity index (χ4v) is 4.53. The van der Waals surface area contributed by atoms with Gasteiger partial charge in [0.25, 0.3) is 0 Å². The number of hydrogen-bond acceptors (Lipinski definition) is 1. The van der Waals surface area contributed by atoms with Crippen LogP contribution in [0.1, 0.15) is 37.7 Å². The van der Waals surface area contributed by atoms with E-state index in [0.717, 1.165) is 6.54 Å². The molecule has 0 aromatic heterocycles. The number of piperidine rings is 2. The molecule has 1 N–H and O–H groups in total. The second kappa shape index (κ2) is 6.76. The summed E-state index contributed by atoms with van der Waals surface area (Å²) in [5.41, 5.74) is 1.29. The third-order valence-electron chi connectivity index (χ3n) is 5.59. The fraction of sp³-hybridized carbons (Fsp3) is 0.579. The van der Waals surface area contributed by atoms with Gasteiger partial charge in [-0.25, -0.2) is 0 Å². The molecular weight excluding hydrogens is 258 g/mol. The van der Waals surface area contributed by atoms with Crippen molar-refractivity contribution in [1.82, 2.24) is 0 Å². The molecule has 21 heavy (non-hydrogen) atoms. The Morgan fingerprint density at radius 2 is 1.86 bits per heavy atom. The molecule has 0 saturated carbocycles. The van der Waals surface area contributed by atoms with Crippen LogP contribution in [0.5, 0.6) is 0 Å². The van der Waals surface area contributed by atoms with E-state index in [-0.39, 0.29) is 0 Å². The van der Waals surface area contributed by atoms with E-state index in [1.165, 1.54) is 55.2 Å². The molecule has 0 aliphatic carbocycles. The van der Waals surface area contributed by atoms with Gasteiger partial charge >= 0.3 is 0 Å². The molecule has 0 radical (unpaired) electrons. The number of nitrogens with zero attached hydrogens (tertiary/aromatic N) is 1. The average molecular weight is 286 g/mol. The van der Waals surface area contributed by atoms with Crippen LogP contribution in [0.2, 0.25) is 0 Å². The molecule has 2 aliphatic rings. The molecule has 0 bridgehead atoms. The quantitative estimate of drug-likeness (QED) is 0.840. The summed E-state index contributed by atoms with van der Waals surface area (Å²) in [6.45, 7) is 4.13. The second-order valence-electron chi connectivity index (χ2n) is 6.81. The van der Waals surface area contributed by atoms with Crippen LogP contribution in [0.25, 0.3) is 6.08 Å². The van der Waals surface area contributed by atoms with Crippen molar-refractivity contribution in [3.63, 3.8) is 0 Å². The van der Waals surface area contributed by atoms with E-state index in [0.29, 0.717) is 18.6 Å². The van der Waals surface area contributed by atoms with Gasteiger partial charge in [-0.1, -0.05) is 36.4 Å². The Morgan fingerprint density at radius 1 is 1.05 bits per heavy atom. The first kappa shape index (κ1) is 14.8. The van der Waals surface area contributed by atoms with E-state index in [1.54, 1.807) is 0 Å². The van der Waals surface area contributed by atoms with E-state index < -0.39 is 0 Å². The molecule has 3 rings (SSSR count). The van der Waals surface area contributed by atoms with E-state index in [2.05, 4.69) is 42.5 Å². The lowest BCUT2D eigenvalue weighted by Crippen LogP contribution is -2.63. The Morgan fingerprint density at radius 3 is 2.67 bits per heavy atom. The lowest BCUT2D eigenvalue weighted by Gasteiger charge is -2.53. The first-order valence-corrected chi connectivity index (χ1v) is 8.52. The maximum Gasteiger partial charge on any atom is 0.0979 e. The fourth-order valence-electron chi connectivity index (χ4n) is 4.53. The van der Waals surface area contributed by atoms with Crippen molar-refractivity contribution in [3.05, 3.63) is 42.0 Å². The Labute approximate surface area is 128 Å². The predicted molar refractivity (Wildman–Crippen MR) is 87.8 cm³/mol. The van der Waals surface area contributed by atoms with E-state index in [4.69, 9.17) is 0 Å². The third kappa shape index (κ3) is 3.22. The van der Waals surface area contributed by atoms with Crippen LogP contribution in [0.3, 0.4) is 0 Å². The number of aliphatic hydroxyl groups excluding tert-OH is 1. The van der Waals surface area contributed by atoms with Crippen molar-refractivity contribution < 1.29 is 9.59 Å². The van der Waals surface area contributed by atoms with Crippen LogP contribution >= 0.6 is 0 Å². The summed E-state index contributed by atoms with van der Waals surface area (Å²) >= 11 is 0. The summed E-state index contributed by atoms with van der Waals surface area (Å²) in [5, 5.41) is 9.72. The minimum Gasteiger partial charge on any atom is -0.396 e. The molecule has 2 aliphatic heterocycles. The lowest BCUT2D eigenvalue weighted by atomic mass is 9.81. The zero-order valence-corrected chi connectivity index (χ0v) is 13.0. The number of rotatable bonds is 4. The highest BCUT2D eigenvalue weighted by atomic mass is 16.3. The zero-order valence-electron chi connectivity index (χ0n) is 13.0. The van der Waals surface area contributed by atoms with Crippen molar-refractivity contribution in [2.45, 2.75) is 38.1 Å². The van der Waals surface area contributed by atoms with Gasteiger partial charge in [0, 0.05) is 12.3 Å². The Kier molecular flexibility index (Phi) is 4.77. The minimum absolute atomic E-state index is 0.382. The third-order valence-corrected chi connectivity index (χ3v) is 5.59. The maximum absolute atomic E-state index is 9.72. The van der Waals surface area contributed by atoms with Crippen molar-refractivity contribution in [2.24, 2.45) is 5.92 Å². The number of fused-ring (bicyclic) bond motifs is 1. The second-order valence-corrected chi connectivity index (χ2v) is 6.81. The molecule has 2 saturated heterocycles. The number of hydrogen-bond donors (Lipinski definition) is 1. The van der Waals surface area contributed by atoms with Gasteiger partial charge in [-0.15, -0.1) is 0 Å². The van der Waals surface area contributed by atoms with Crippen molar-refractivity contribution in [1.29, 1.82) is 0 Å². The average Bonchev–Trinajstić information content (AvgIpc) is 2.55. The van der Waals surface area contributed by atoms with Gasteiger partial charge in [-0.3, -0.25) is 0 Å². The van der Waals surface area contributed by atoms with Gasteiger partial charge in [-0.2, -0.15) is 0 Å². The topological polar surface area (TPSA) is 20.2 Å². The molecule has 2 nitrogen and oxygen atoms in total. The molecule has 0 amide bonds. The highest BCUT2D eigenvalue weighted by Crippen LogP contribution is 2.37. The molecule has 2 fully saturated rings. The van der Waals surface area contributed by atoms with Crippen molar-refractivity contribution >= 4 is 6.08 Å². The molecule has 2 heteroatoms. The van der Waals surface area contributed by atoms with Crippen LogP contribution in [0.15, 0.2) is 36.4 Å². The van der Waals surface area contributed by atoms with Gasteiger partial charge < -0.3 is 9.59 Å². The largest absolute Gasteiger partial charge is 0.396 e. The molecule has 1 unspecified atom stereocenters. The monoisotopic (exact) mass is 286 g/mol. The van der Waals surface area contributed by atoms with Gasteiger partial charge in [0.2, 0.25) is 0 Å².